The number of fused-ring (bicyclic) bond motifs is 2. The Morgan fingerprint density at radius 3 is 1.47 bits per heavy atom. The van der Waals surface area contributed by atoms with Gasteiger partial charge in [-0.1, -0.05) is 77.9 Å². The zero-order chi connectivity index (χ0) is 42.9. The van der Waals surface area contributed by atoms with E-state index in [9.17, 15) is 19.2 Å². The molecular formula is C46H58N8O6. The van der Waals surface area contributed by atoms with Gasteiger partial charge in [0, 0.05) is 13.1 Å². The second-order valence-corrected chi connectivity index (χ2v) is 17.5. The number of H-pyrrole nitrogens is 2. The van der Waals surface area contributed by atoms with Gasteiger partial charge in [0.1, 0.15) is 23.7 Å². The fraction of sp³-hybridized carbons (Fsp3) is 0.478. The number of amides is 4. The van der Waals surface area contributed by atoms with Crippen LogP contribution in [0.2, 0.25) is 0 Å². The molecule has 318 valence electrons. The third-order valence-electron chi connectivity index (χ3n) is 12.8. The number of aromatic amines is 2. The molecule has 4 N–H and O–H groups in total. The van der Waals surface area contributed by atoms with Crippen molar-refractivity contribution < 1.29 is 28.7 Å². The third kappa shape index (κ3) is 8.28. The highest BCUT2D eigenvalue weighted by Crippen LogP contribution is 2.38. The van der Waals surface area contributed by atoms with Gasteiger partial charge >= 0.3 is 12.2 Å². The van der Waals surface area contributed by atoms with Crippen LogP contribution in [0.15, 0.2) is 60.7 Å². The molecule has 3 aromatic carbocycles. The van der Waals surface area contributed by atoms with Gasteiger partial charge in [0.05, 0.1) is 48.4 Å². The van der Waals surface area contributed by atoms with Gasteiger partial charge < -0.3 is 39.9 Å². The van der Waals surface area contributed by atoms with Crippen molar-refractivity contribution in [2.45, 2.75) is 104 Å². The Hall–Kier alpha value is -5.92. The Morgan fingerprint density at radius 1 is 0.667 bits per heavy atom. The Morgan fingerprint density at radius 2 is 1.07 bits per heavy atom. The lowest BCUT2D eigenvalue weighted by Crippen LogP contribution is -2.56. The zero-order valence-corrected chi connectivity index (χ0v) is 36.0. The maximum atomic E-state index is 14.1. The van der Waals surface area contributed by atoms with Crippen LogP contribution in [0, 0.1) is 10.8 Å². The summed E-state index contributed by atoms with van der Waals surface area (Å²) in [5.41, 5.74) is 6.63. The van der Waals surface area contributed by atoms with Crippen molar-refractivity contribution in [2.24, 2.45) is 10.8 Å². The number of ether oxygens (including phenoxy) is 2. The first-order valence-electron chi connectivity index (χ1n) is 21.1. The molecule has 4 atom stereocenters. The Kier molecular flexibility index (Phi) is 11.9. The van der Waals surface area contributed by atoms with Crippen molar-refractivity contribution >= 4 is 46.1 Å². The van der Waals surface area contributed by atoms with Gasteiger partial charge in [0.25, 0.3) is 0 Å². The summed E-state index contributed by atoms with van der Waals surface area (Å²) in [6.07, 6.45) is 3.43. The van der Waals surface area contributed by atoms with Crippen molar-refractivity contribution in [1.29, 1.82) is 0 Å². The van der Waals surface area contributed by atoms with Crippen LogP contribution in [0.25, 0.3) is 44.3 Å². The summed E-state index contributed by atoms with van der Waals surface area (Å²) in [5.74, 6) is 1.21. The van der Waals surface area contributed by atoms with Gasteiger partial charge in [-0.2, -0.15) is 0 Å². The quantitative estimate of drug-likeness (QED) is 0.103. The van der Waals surface area contributed by atoms with Crippen LogP contribution in [0.5, 0.6) is 0 Å². The molecule has 2 aliphatic rings. The average Bonchev–Trinajstić information content (AvgIpc) is 4.08. The number of hydrogen-bond acceptors (Lipinski definition) is 8. The molecule has 0 spiro atoms. The maximum Gasteiger partial charge on any atom is 0.407 e. The summed E-state index contributed by atoms with van der Waals surface area (Å²) >= 11 is 0. The molecule has 5 aromatic rings. The van der Waals surface area contributed by atoms with E-state index in [0.29, 0.717) is 13.1 Å². The van der Waals surface area contributed by atoms with E-state index in [2.05, 4.69) is 69.1 Å². The number of aromatic nitrogens is 4. The number of hydrogen-bond donors (Lipinski definition) is 4. The van der Waals surface area contributed by atoms with Gasteiger partial charge in [-0.05, 0) is 95.9 Å². The van der Waals surface area contributed by atoms with Gasteiger partial charge in [-0.25, -0.2) is 19.6 Å². The lowest BCUT2D eigenvalue weighted by molar-refractivity contribution is -0.138. The predicted molar refractivity (Wildman–Crippen MR) is 231 cm³/mol. The molecule has 14 nitrogen and oxygen atoms in total. The smallest absolute Gasteiger partial charge is 0.407 e. The maximum absolute atomic E-state index is 14.1. The van der Waals surface area contributed by atoms with Crippen LogP contribution in [0.3, 0.4) is 0 Å². The molecule has 2 fully saturated rings. The molecule has 4 amide bonds. The first-order valence-corrected chi connectivity index (χ1v) is 21.1. The molecule has 60 heavy (non-hydrogen) atoms. The summed E-state index contributed by atoms with van der Waals surface area (Å²) in [4.78, 5) is 73.1. The topological polar surface area (TPSA) is 175 Å². The molecular weight excluding hydrogens is 761 g/mol. The second kappa shape index (κ2) is 17.0. The fourth-order valence-corrected chi connectivity index (χ4v) is 8.74. The van der Waals surface area contributed by atoms with Crippen LogP contribution in [0.1, 0.15) is 104 Å². The van der Waals surface area contributed by atoms with Crippen LogP contribution in [-0.2, 0) is 19.1 Å². The van der Waals surface area contributed by atoms with E-state index < -0.39 is 35.1 Å². The molecule has 4 unspecified atom stereocenters. The number of methoxy groups -OCH3 is 2. The highest BCUT2D eigenvalue weighted by Gasteiger charge is 2.44. The SMILES string of the molecule is CCC(C)(CC)C(NC(=O)OC)C(=O)N1CCCC1c1nc2ccc(-c3ccc(-c4ccc5nc(C6CCCN6C(=O)C(NC(=O)OC)C(C)(C)C)[nH]c5c4)cc3)cc2[nH]1. The van der Waals surface area contributed by atoms with E-state index in [4.69, 9.17) is 19.4 Å². The van der Waals surface area contributed by atoms with E-state index in [1.807, 2.05) is 63.5 Å². The first kappa shape index (κ1) is 42.2. The van der Waals surface area contributed by atoms with Crippen molar-refractivity contribution in [3.63, 3.8) is 0 Å². The van der Waals surface area contributed by atoms with Crippen LogP contribution in [0.4, 0.5) is 9.59 Å². The monoisotopic (exact) mass is 818 g/mol. The normalized spacial score (nSPS) is 18.1. The summed E-state index contributed by atoms with van der Waals surface area (Å²) in [6.45, 7) is 13.1. The molecule has 2 aliphatic heterocycles. The number of imidazole rings is 2. The summed E-state index contributed by atoms with van der Waals surface area (Å²) in [7, 11) is 2.61. The van der Waals surface area contributed by atoms with Gasteiger partial charge in [-0.15, -0.1) is 0 Å². The van der Waals surface area contributed by atoms with E-state index >= 15 is 0 Å². The molecule has 0 bridgehead atoms. The largest absolute Gasteiger partial charge is 0.453 e. The lowest BCUT2D eigenvalue weighted by atomic mass is 9.76. The highest BCUT2D eigenvalue weighted by molar-refractivity contribution is 5.89. The summed E-state index contributed by atoms with van der Waals surface area (Å²) in [5, 5.41) is 5.60. The first-order chi connectivity index (χ1) is 28.7. The number of carbonyl (C=O) groups is 4. The van der Waals surface area contributed by atoms with Crippen LogP contribution >= 0.6 is 0 Å². The molecule has 14 heteroatoms. The van der Waals surface area contributed by atoms with E-state index in [-0.39, 0.29) is 23.9 Å². The number of likely N-dealkylation sites (tertiary alicyclic amines) is 2. The number of benzene rings is 3. The summed E-state index contributed by atoms with van der Waals surface area (Å²) in [6, 6.07) is 18.8. The van der Waals surface area contributed by atoms with E-state index in [1.165, 1.54) is 14.2 Å². The van der Waals surface area contributed by atoms with E-state index in [1.54, 1.807) is 0 Å². The van der Waals surface area contributed by atoms with Gasteiger partial charge in [0.2, 0.25) is 11.8 Å². The Bertz CT molecular complexity index is 2380. The van der Waals surface area contributed by atoms with Crippen molar-refractivity contribution in [2.75, 3.05) is 27.3 Å². The van der Waals surface area contributed by atoms with Crippen LogP contribution in [-0.4, -0.2) is 93.1 Å². The molecule has 2 aromatic heterocycles. The standard InChI is InChI=1S/C46H58N8O6/c1-9-46(6,10-2)38(52-44(58)60-8)42(56)54-24-12-14-36(54)40-48-32-22-20-30(26-34(32)50-40)28-17-15-27(16-18-28)29-19-21-31-33(25-29)49-39(47-31)35-13-11-23-53(35)41(55)37(45(3,4)5)51-43(57)59-7/h15-22,25-26,35-38H,9-14,23-24H2,1-8H3,(H,47,49)(H,48,50)(H,51,57)(H,52,58). The van der Waals surface area contributed by atoms with Gasteiger partial charge in [0.15, 0.2) is 0 Å². The minimum atomic E-state index is -0.746. The third-order valence-corrected chi connectivity index (χ3v) is 12.8. The average molecular weight is 819 g/mol. The number of rotatable bonds is 11. The van der Waals surface area contributed by atoms with Crippen molar-refractivity contribution in [3.05, 3.63) is 72.3 Å². The van der Waals surface area contributed by atoms with Crippen molar-refractivity contribution in [3.8, 4) is 22.3 Å². The van der Waals surface area contributed by atoms with Crippen molar-refractivity contribution in [1.82, 2.24) is 40.4 Å². The minimum absolute atomic E-state index is 0.115. The highest BCUT2D eigenvalue weighted by atomic mass is 16.5. The Balaban J connectivity index is 1.07. The van der Waals surface area contributed by atoms with Crippen LogP contribution < -0.4 is 10.6 Å². The Labute approximate surface area is 351 Å². The molecule has 0 saturated carbocycles. The molecule has 0 aliphatic carbocycles. The lowest BCUT2D eigenvalue weighted by Gasteiger charge is -2.38. The molecule has 4 heterocycles. The number of nitrogens with zero attached hydrogens (tertiary/aromatic N) is 4. The predicted octanol–water partition coefficient (Wildman–Crippen LogP) is 8.42. The second-order valence-electron chi connectivity index (χ2n) is 17.5. The zero-order valence-electron chi connectivity index (χ0n) is 36.0. The minimum Gasteiger partial charge on any atom is -0.453 e. The molecule has 7 rings (SSSR count). The van der Waals surface area contributed by atoms with Gasteiger partial charge in [-0.3, -0.25) is 9.59 Å². The van der Waals surface area contributed by atoms with E-state index in [0.717, 1.165) is 94.5 Å². The fourth-order valence-electron chi connectivity index (χ4n) is 8.74. The number of carbonyl (C=O) groups excluding carboxylic acids is 4. The number of alkyl carbamates (subject to hydrolysis) is 2. The number of nitrogens with one attached hydrogen (secondary N) is 4. The summed E-state index contributed by atoms with van der Waals surface area (Å²) < 4.78 is 9.73. The molecule has 0 radical (unpaired) electrons. The molecule has 2 saturated heterocycles.